The van der Waals surface area contributed by atoms with E-state index in [9.17, 15) is 8.42 Å². The average molecular weight is 234 g/mol. The summed E-state index contributed by atoms with van der Waals surface area (Å²) in [5.74, 6) is 0. The van der Waals surface area contributed by atoms with E-state index in [4.69, 9.17) is 10.7 Å². The van der Waals surface area contributed by atoms with Crippen LogP contribution in [0, 0.1) is 0 Å². The molecule has 1 N–H and O–H groups in total. The predicted octanol–water partition coefficient (Wildman–Crippen LogP) is 2.44. The van der Waals surface area contributed by atoms with Gasteiger partial charge in [-0.15, -0.1) is 0 Å². The largest absolute Gasteiger partial charge is 0.384 e. The van der Waals surface area contributed by atoms with Crippen molar-refractivity contribution in [3.63, 3.8) is 0 Å². The first-order chi connectivity index (χ1) is 6.55. The van der Waals surface area contributed by atoms with Crippen LogP contribution in [0.25, 0.3) is 0 Å². The van der Waals surface area contributed by atoms with Crippen LogP contribution in [-0.2, 0) is 9.05 Å². The highest BCUT2D eigenvalue weighted by atomic mass is 35.7. The van der Waals surface area contributed by atoms with Gasteiger partial charge in [-0.05, 0) is 18.6 Å². The minimum absolute atomic E-state index is 0.134. The zero-order valence-corrected chi connectivity index (χ0v) is 9.40. The van der Waals surface area contributed by atoms with Gasteiger partial charge in [-0.2, -0.15) is 0 Å². The van der Waals surface area contributed by atoms with Gasteiger partial charge in [0.1, 0.15) is 4.90 Å². The summed E-state index contributed by atoms with van der Waals surface area (Å²) in [6.07, 6.45) is 0.927. The highest BCUT2D eigenvalue weighted by Gasteiger charge is 2.13. The van der Waals surface area contributed by atoms with Crippen molar-refractivity contribution in [3.05, 3.63) is 24.3 Å². The third kappa shape index (κ3) is 2.89. The van der Waals surface area contributed by atoms with Crippen LogP contribution in [-0.4, -0.2) is 15.0 Å². The molecule has 78 valence electrons. The highest BCUT2D eigenvalue weighted by molar-refractivity contribution is 8.13. The van der Waals surface area contributed by atoms with Gasteiger partial charge in [0.25, 0.3) is 9.05 Å². The van der Waals surface area contributed by atoms with Crippen LogP contribution < -0.4 is 5.32 Å². The standard InChI is InChI=1S/C9H12ClNO2S/c1-2-7-11-8-5-3-4-6-9(8)14(10,12)13/h3-6,11H,2,7H2,1H3. The molecule has 14 heavy (non-hydrogen) atoms. The lowest BCUT2D eigenvalue weighted by molar-refractivity contribution is 0.610. The second-order valence-electron chi connectivity index (χ2n) is 2.86. The number of anilines is 1. The van der Waals surface area contributed by atoms with Crippen molar-refractivity contribution < 1.29 is 8.42 Å². The minimum Gasteiger partial charge on any atom is -0.384 e. The molecule has 0 bridgehead atoms. The molecule has 0 atom stereocenters. The van der Waals surface area contributed by atoms with Crippen molar-refractivity contribution in [1.29, 1.82) is 0 Å². The van der Waals surface area contributed by atoms with E-state index in [1.165, 1.54) is 6.07 Å². The lowest BCUT2D eigenvalue weighted by atomic mass is 10.3. The molecule has 0 fully saturated rings. The first-order valence-corrected chi connectivity index (χ1v) is 6.64. The number of benzene rings is 1. The van der Waals surface area contributed by atoms with Crippen molar-refractivity contribution in [2.75, 3.05) is 11.9 Å². The molecular weight excluding hydrogens is 222 g/mol. The monoisotopic (exact) mass is 233 g/mol. The second kappa shape index (κ2) is 4.66. The van der Waals surface area contributed by atoms with Crippen molar-refractivity contribution >= 4 is 25.4 Å². The van der Waals surface area contributed by atoms with Crippen LogP contribution in [0.5, 0.6) is 0 Å². The summed E-state index contributed by atoms with van der Waals surface area (Å²) in [6, 6.07) is 6.60. The summed E-state index contributed by atoms with van der Waals surface area (Å²) in [5.41, 5.74) is 0.560. The maximum atomic E-state index is 11.1. The Morgan fingerprint density at radius 1 is 1.36 bits per heavy atom. The van der Waals surface area contributed by atoms with Crippen LogP contribution in [0.2, 0.25) is 0 Å². The fourth-order valence-corrected chi connectivity index (χ4v) is 2.13. The van der Waals surface area contributed by atoms with Crippen molar-refractivity contribution in [2.45, 2.75) is 18.2 Å². The fourth-order valence-electron chi connectivity index (χ4n) is 1.08. The molecule has 1 rings (SSSR count). The molecule has 1 aromatic carbocycles. The quantitative estimate of drug-likeness (QED) is 0.813. The van der Waals surface area contributed by atoms with E-state index in [-0.39, 0.29) is 4.90 Å². The minimum atomic E-state index is -3.65. The molecule has 5 heteroatoms. The molecule has 3 nitrogen and oxygen atoms in total. The van der Waals surface area contributed by atoms with Gasteiger partial charge in [-0.1, -0.05) is 19.1 Å². The van der Waals surface area contributed by atoms with E-state index in [1.54, 1.807) is 18.2 Å². The second-order valence-corrected chi connectivity index (χ2v) is 5.40. The van der Waals surface area contributed by atoms with E-state index >= 15 is 0 Å². The molecule has 0 spiro atoms. The van der Waals surface area contributed by atoms with Crippen molar-refractivity contribution in [2.24, 2.45) is 0 Å². The molecule has 0 heterocycles. The fraction of sp³-hybridized carbons (Fsp3) is 0.333. The Labute approximate surface area is 88.5 Å². The molecule has 0 aliphatic carbocycles. The lowest BCUT2D eigenvalue weighted by Gasteiger charge is -2.08. The van der Waals surface area contributed by atoms with Gasteiger partial charge in [0.2, 0.25) is 0 Å². The van der Waals surface area contributed by atoms with Crippen LogP contribution in [0.15, 0.2) is 29.2 Å². The van der Waals surface area contributed by atoms with Gasteiger partial charge < -0.3 is 5.32 Å². The van der Waals surface area contributed by atoms with E-state index < -0.39 is 9.05 Å². The van der Waals surface area contributed by atoms with Gasteiger partial charge in [0, 0.05) is 17.2 Å². The van der Waals surface area contributed by atoms with Gasteiger partial charge in [-0.3, -0.25) is 0 Å². The maximum Gasteiger partial charge on any atom is 0.263 e. The zero-order chi connectivity index (χ0) is 10.6. The Hall–Kier alpha value is -0.740. The summed E-state index contributed by atoms with van der Waals surface area (Å²) >= 11 is 0. The molecule has 0 amide bonds. The van der Waals surface area contributed by atoms with Gasteiger partial charge in [-0.25, -0.2) is 8.42 Å². The van der Waals surface area contributed by atoms with Crippen molar-refractivity contribution in [1.82, 2.24) is 0 Å². The Balaban J connectivity index is 3.04. The Morgan fingerprint density at radius 2 is 2.00 bits per heavy atom. The van der Waals surface area contributed by atoms with Crippen LogP contribution in [0.4, 0.5) is 5.69 Å². The number of hydrogen-bond acceptors (Lipinski definition) is 3. The van der Waals surface area contributed by atoms with Crippen LogP contribution >= 0.6 is 10.7 Å². The Bertz CT molecular complexity index is 403. The van der Waals surface area contributed by atoms with Crippen molar-refractivity contribution in [3.8, 4) is 0 Å². The third-order valence-corrected chi connectivity index (χ3v) is 3.10. The molecule has 0 saturated carbocycles. The molecule has 0 unspecified atom stereocenters. The van der Waals surface area contributed by atoms with E-state index in [0.29, 0.717) is 5.69 Å². The molecule has 0 aliphatic rings. The zero-order valence-electron chi connectivity index (χ0n) is 7.83. The predicted molar refractivity (Wildman–Crippen MR) is 58.3 cm³/mol. The lowest BCUT2D eigenvalue weighted by Crippen LogP contribution is -2.04. The maximum absolute atomic E-state index is 11.1. The SMILES string of the molecule is CCCNc1ccccc1S(=O)(=O)Cl. The first kappa shape index (κ1) is 11.3. The van der Waals surface area contributed by atoms with E-state index in [0.717, 1.165) is 13.0 Å². The molecule has 0 radical (unpaired) electrons. The van der Waals surface area contributed by atoms with E-state index in [1.807, 2.05) is 6.92 Å². The number of nitrogens with one attached hydrogen (secondary N) is 1. The normalized spacial score (nSPS) is 11.3. The summed E-state index contributed by atoms with van der Waals surface area (Å²) < 4.78 is 22.3. The molecule has 0 aromatic heterocycles. The number of hydrogen-bond donors (Lipinski definition) is 1. The van der Waals surface area contributed by atoms with Gasteiger partial charge >= 0.3 is 0 Å². The van der Waals surface area contributed by atoms with Crippen LogP contribution in [0.1, 0.15) is 13.3 Å². The number of rotatable bonds is 4. The van der Waals surface area contributed by atoms with Gasteiger partial charge in [0.05, 0.1) is 5.69 Å². The molecular formula is C9H12ClNO2S. The van der Waals surface area contributed by atoms with E-state index in [2.05, 4.69) is 5.32 Å². The molecule has 0 saturated heterocycles. The smallest absolute Gasteiger partial charge is 0.263 e. The summed E-state index contributed by atoms with van der Waals surface area (Å²) in [5, 5.41) is 3.01. The number of para-hydroxylation sites is 1. The summed E-state index contributed by atoms with van der Waals surface area (Å²) in [6.45, 7) is 2.73. The molecule has 0 aliphatic heterocycles. The first-order valence-electron chi connectivity index (χ1n) is 4.33. The summed E-state index contributed by atoms with van der Waals surface area (Å²) in [4.78, 5) is 0.134. The third-order valence-electron chi connectivity index (χ3n) is 1.72. The topological polar surface area (TPSA) is 46.2 Å². The Kier molecular flexibility index (Phi) is 3.77. The molecule has 1 aromatic rings. The summed E-state index contributed by atoms with van der Waals surface area (Å²) in [7, 11) is 1.62. The highest BCUT2D eigenvalue weighted by Crippen LogP contribution is 2.23. The Morgan fingerprint density at radius 3 is 2.57 bits per heavy atom. The number of halogens is 1. The van der Waals surface area contributed by atoms with Crippen LogP contribution in [0.3, 0.4) is 0 Å². The average Bonchev–Trinajstić information content (AvgIpc) is 2.14. The van der Waals surface area contributed by atoms with Gasteiger partial charge in [0.15, 0.2) is 0 Å².